The van der Waals surface area contributed by atoms with Crippen LogP contribution in [0.25, 0.3) is 0 Å². The van der Waals surface area contributed by atoms with E-state index >= 15 is 0 Å². The molecule has 96 valence electrons. The molecular formula is C13H16FN3O. The molecule has 5 heteroatoms. The summed E-state index contributed by atoms with van der Waals surface area (Å²) in [6.45, 7) is 3.74. The van der Waals surface area contributed by atoms with Crippen molar-refractivity contribution in [1.29, 1.82) is 5.26 Å². The molecule has 1 fully saturated rings. The van der Waals surface area contributed by atoms with Gasteiger partial charge in [0.1, 0.15) is 5.82 Å². The third-order valence-electron chi connectivity index (χ3n) is 3.06. The molecule has 2 rings (SSSR count). The van der Waals surface area contributed by atoms with Crippen LogP contribution in [0.4, 0.5) is 10.1 Å². The molecule has 0 amide bonds. The predicted octanol–water partition coefficient (Wildman–Crippen LogP) is 1.25. The summed E-state index contributed by atoms with van der Waals surface area (Å²) in [5.41, 5.74) is 6.85. The minimum Gasteiger partial charge on any atom is -0.373 e. The maximum absolute atomic E-state index is 13.4. The maximum atomic E-state index is 13.4. The molecule has 1 aliphatic heterocycles. The fraction of sp³-hybridized carbons (Fsp3) is 0.462. The predicted molar refractivity (Wildman–Crippen MR) is 66.7 cm³/mol. The fourth-order valence-corrected chi connectivity index (χ4v) is 2.05. The molecule has 1 aromatic rings. The van der Waals surface area contributed by atoms with Gasteiger partial charge in [-0.15, -0.1) is 0 Å². The Hall–Kier alpha value is -1.64. The van der Waals surface area contributed by atoms with Gasteiger partial charge in [-0.3, -0.25) is 0 Å². The molecule has 0 aliphatic carbocycles. The highest BCUT2D eigenvalue weighted by atomic mass is 19.1. The number of anilines is 1. The van der Waals surface area contributed by atoms with E-state index in [1.807, 2.05) is 17.9 Å². The van der Waals surface area contributed by atoms with Crippen LogP contribution < -0.4 is 10.6 Å². The highest BCUT2D eigenvalue weighted by molar-refractivity contribution is 5.52. The number of morpholine rings is 1. The molecular weight excluding hydrogens is 233 g/mol. The van der Waals surface area contributed by atoms with Gasteiger partial charge in [-0.2, -0.15) is 5.26 Å². The Morgan fingerprint density at radius 3 is 3.00 bits per heavy atom. The molecule has 0 radical (unpaired) electrons. The summed E-state index contributed by atoms with van der Waals surface area (Å²) in [4.78, 5) is 2.00. The van der Waals surface area contributed by atoms with E-state index in [1.165, 1.54) is 12.1 Å². The molecule has 2 unspecified atom stereocenters. The van der Waals surface area contributed by atoms with Crippen LogP contribution in [0, 0.1) is 17.1 Å². The van der Waals surface area contributed by atoms with Crippen LogP contribution in [0.2, 0.25) is 0 Å². The lowest BCUT2D eigenvalue weighted by Gasteiger charge is -2.36. The molecule has 1 heterocycles. The number of benzene rings is 1. The average molecular weight is 249 g/mol. The van der Waals surface area contributed by atoms with Gasteiger partial charge in [0.15, 0.2) is 0 Å². The number of halogens is 1. The van der Waals surface area contributed by atoms with Crippen molar-refractivity contribution in [2.24, 2.45) is 5.73 Å². The monoisotopic (exact) mass is 249 g/mol. The Labute approximate surface area is 106 Å². The number of hydrogen-bond donors (Lipinski definition) is 1. The fourth-order valence-electron chi connectivity index (χ4n) is 2.05. The zero-order valence-electron chi connectivity index (χ0n) is 10.3. The molecule has 2 atom stereocenters. The highest BCUT2D eigenvalue weighted by Gasteiger charge is 2.24. The number of rotatable bonds is 2. The number of hydrogen-bond acceptors (Lipinski definition) is 4. The Bertz CT molecular complexity index is 470. The largest absolute Gasteiger partial charge is 0.373 e. The molecule has 1 aliphatic rings. The molecule has 0 aromatic heterocycles. The minimum atomic E-state index is -0.395. The van der Waals surface area contributed by atoms with Crippen molar-refractivity contribution in [3.05, 3.63) is 29.6 Å². The average Bonchev–Trinajstić information content (AvgIpc) is 2.38. The van der Waals surface area contributed by atoms with Crippen LogP contribution in [0.15, 0.2) is 18.2 Å². The Kier molecular flexibility index (Phi) is 3.80. The van der Waals surface area contributed by atoms with Crippen LogP contribution in [0.1, 0.15) is 12.5 Å². The molecule has 0 bridgehead atoms. The SMILES string of the molecule is CC(N)C1CN(c2cc(F)cc(C#N)c2)CCO1. The standard InChI is InChI=1S/C13H16FN3O/c1-9(16)13-8-17(2-3-18-13)12-5-10(7-15)4-11(14)6-12/h4-6,9,13H,2-3,8,16H2,1H3. The quantitative estimate of drug-likeness (QED) is 0.856. The second kappa shape index (κ2) is 5.34. The van der Waals surface area contributed by atoms with Crippen molar-refractivity contribution < 1.29 is 9.13 Å². The molecule has 18 heavy (non-hydrogen) atoms. The first-order chi connectivity index (χ1) is 8.60. The lowest BCUT2D eigenvalue weighted by molar-refractivity contribution is 0.0276. The molecule has 1 saturated heterocycles. The molecule has 0 saturated carbocycles. The maximum Gasteiger partial charge on any atom is 0.126 e. The number of nitrogens with two attached hydrogens (primary N) is 1. The van der Waals surface area contributed by atoms with Gasteiger partial charge in [-0.25, -0.2) is 4.39 Å². The van der Waals surface area contributed by atoms with Crippen molar-refractivity contribution >= 4 is 5.69 Å². The highest BCUT2D eigenvalue weighted by Crippen LogP contribution is 2.21. The summed E-state index contributed by atoms with van der Waals surface area (Å²) >= 11 is 0. The van der Waals surface area contributed by atoms with E-state index in [1.54, 1.807) is 6.07 Å². The van der Waals surface area contributed by atoms with E-state index < -0.39 is 5.82 Å². The first-order valence-electron chi connectivity index (χ1n) is 5.93. The van der Waals surface area contributed by atoms with Crippen molar-refractivity contribution in [2.45, 2.75) is 19.1 Å². The van der Waals surface area contributed by atoms with E-state index in [0.29, 0.717) is 30.9 Å². The smallest absolute Gasteiger partial charge is 0.126 e. The second-order valence-corrected chi connectivity index (χ2v) is 4.52. The first-order valence-corrected chi connectivity index (χ1v) is 5.93. The first kappa shape index (κ1) is 12.8. The molecule has 1 aromatic carbocycles. The van der Waals surface area contributed by atoms with E-state index in [4.69, 9.17) is 15.7 Å². The zero-order chi connectivity index (χ0) is 13.1. The van der Waals surface area contributed by atoms with Crippen LogP contribution in [0.3, 0.4) is 0 Å². The molecule has 0 spiro atoms. The third-order valence-corrected chi connectivity index (χ3v) is 3.06. The van der Waals surface area contributed by atoms with Crippen LogP contribution >= 0.6 is 0 Å². The number of nitriles is 1. The minimum absolute atomic E-state index is 0.0625. The second-order valence-electron chi connectivity index (χ2n) is 4.52. The summed E-state index contributed by atoms with van der Waals surface area (Å²) in [6.07, 6.45) is -0.0625. The van der Waals surface area contributed by atoms with E-state index in [0.717, 1.165) is 0 Å². The Balaban J connectivity index is 2.21. The lowest BCUT2D eigenvalue weighted by atomic mass is 10.1. The van der Waals surface area contributed by atoms with Crippen molar-refractivity contribution in [1.82, 2.24) is 0 Å². The van der Waals surface area contributed by atoms with Gasteiger partial charge < -0.3 is 15.4 Å². The van der Waals surface area contributed by atoms with Crippen molar-refractivity contribution in [2.75, 3.05) is 24.6 Å². The van der Waals surface area contributed by atoms with Gasteiger partial charge in [0, 0.05) is 24.8 Å². The summed E-state index contributed by atoms with van der Waals surface area (Å²) < 4.78 is 18.9. The van der Waals surface area contributed by atoms with Gasteiger partial charge in [-0.05, 0) is 25.1 Å². The van der Waals surface area contributed by atoms with Crippen molar-refractivity contribution in [3.63, 3.8) is 0 Å². The van der Waals surface area contributed by atoms with E-state index in [2.05, 4.69) is 0 Å². The van der Waals surface area contributed by atoms with Gasteiger partial charge in [0.2, 0.25) is 0 Å². The van der Waals surface area contributed by atoms with Gasteiger partial charge in [-0.1, -0.05) is 0 Å². The lowest BCUT2D eigenvalue weighted by Crippen LogP contribution is -2.49. The van der Waals surface area contributed by atoms with Gasteiger partial charge in [0.25, 0.3) is 0 Å². The summed E-state index contributed by atoms with van der Waals surface area (Å²) in [5, 5.41) is 8.85. The zero-order valence-corrected chi connectivity index (χ0v) is 10.3. The molecule has 2 N–H and O–H groups in total. The summed E-state index contributed by atoms with van der Waals surface area (Å²) in [5.74, 6) is -0.395. The third kappa shape index (κ3) is 2.78. The summed E-state index contributed by atoms with van der Waals surface area (Å²) in [7, 11) is 0. The van der Waals surface area contributed by atoms with Gasteiger partial charge in [0.05, 0.1) is 24.3 Å². The number of nitrogens with zero attached hydrogens (tertiary/aromatic N) is 2. The van der Waals surface area contributed by atoms with E-state index in [9.17, 15) is 4.39 Å². The van der Waals surface area contributed by atoms with Gasteiger partial charge >= 0.3 is 0 Å². The van der Waals surface area contributed by atoms with Crippen molar-refractivity contribution in [3.8, 4) is 6.07 Å². The Morgan fingerprint density at radius 1 is 1.56 bits per heavy atom. The summed E-state index contributed by atoms with van der Waals surface area (Å²) in [6, 6.07) is 6.24. The van der Waals surface area contributed by atoms with E-state index in [-0.39, 0.29) is 12.1 Å². The molecule has 4 nitrogen and oxygen atoms in total. The van der Waals surface area contributed by atoms with Crippen LogP contribution in [-0.2, 0) is 4.74 Å². The number of ether oxygens (including phenoxy) is 1. The van der Waals surface area contributed by atoms with Crippen LogP contribution in [0.5, 0.6) is 0 Å². The van der Waals surface area contributed by atoms with Crippen LogP contribution in [-0.4, -0.2) is 31.8 Å². The normalized spacial score (nSPS) is 21.4. The Morgan fingerprint density at radius 2 is 2.33 bits per heavy atom. The topological polar surface area (TPSA) is 62.3 Å².